The van der Waals surface area contributed by atoms with Gasteiger partial charge in [-0.3, -0.25) is 4.68 Å². The Morgan fingerprint density at radius 1 is 1.59 bits per heavy atom. The molecule has 0 unspecified atom stereocenters. The molecule has 7 heteroatoms. The van der Waals surface area contributed by atoms with Crippen molar-refractivity contribution in [3.05, 3.63) is 12.4 Å². The zero-order chi connectivity index (χ0) is 12.5. The molecule has 2 rings (SSSR count). The zero-order valence-corrected chi connectivity index (χ0v) is 11.3. The van der Waals surface area contributed by atoms with Gasteiger partial charge < -0.3 is 0 Å². The average molecular weight is 278 g/mol. The maximum Gasteiger partial charge on any atom is 0.243 e. The van der Waals surface area contributed by atoms with Crippen molar-refractivity contribution in [2.45, 2.75) is 24.2 Å². The van der Waals surface area contributed by atoms with Crippen LogP contribution in [0.2, 0.25) is 0 Å². The molecule has 17 heavy (non-hydrogen) atoms. The number of hydrogen-bond acceptors (Lipinski definition) is 3. The number of nitrogens with zero attached hydrogens (tertiary/aromatic N) is 2. The summed E-state index contributed by atoms with van der Waals surface area (Å²) in [6.45, 7) is 0.469. The lowest BCUT2D eigenvalue weighted by Gasteiger charge is -2.13. The van der Waals surface area contributed by atoms with E-state index in [1.54, 1.807) is 7.05 Å². The van der Waals surface area contributed by atoms with Crippen molar-refractivity contribution in [1.82, 2.24) is 14.5 Å². The van der Waals surface area contributed by atoms with Crippen LogP contribution < -0.4 is 4.72 Å². The first-order chi connectivity index (χ1) is 7.97. The molecule has 0 amide bonds. The largest absolute Gasteiger partial charge is 0.274 e. The van der Waals surface area contributed by atoms with Gasteiger partial charge in [-0.2, -0.15) is 5.10 Å². The molecule has 1 fully saturated rings. The monoisotopic (exact) mass is 277 g/mol. The van der Waals surface area contributed by atoms with Crippen LogP contribution in [0.3, 0.4) is 0 Å². The van der Waals surface area contributed by atoms with E-state index in [1.165, 1.54) is 17.1 Å². The van der Waals surface area contributed by atoms with Gasteiger partial charge in [-0.15, -0.1) is 11.6 Å². The van der Waals surface area contributed by atoms with Gasteiger partial charge in [0.1, 0.15) is 4.90 Å². The Labute approximate surface area is 106 Å². The molecule has 0 aromatic carbocycles. The number of halogens is 1. The topological polar surface area (TPSA) is 64.0 Å². The van der Waals surface area contributed by atoms with Gasteiger partial charge in [0, 0.05) is 25.7 Å². The van der Waals surface area contributed by atoms with Crippen molar-refractivity contribution in [2.24, 2.45) is 12.5 Å². The van der Waals surface area contributed by atoms with Gasteiger partial charge in [0.05, 0.1) is 6.20 Å². The fourth-order valence-electron chi connectivity index (χ4n) is 1.76. The van der Waals surface area contributed by atoms with E-state index in [4.69, 9.17) is 11.6 Å². The number of alkyl halides is 1. The molecule has 0 spiro atoms. The Morgan fingerprint density at radius 2 is 2.29 bits per heavy atom. The molecular weight excluding hydrogens is 262 g/mol. The van der Waals surface area contributed by atoms with Crippen molar-refractivity contribution < 1.29 is 8.42 Å². The van der Waals surface area contributed by atoms with Gasteiger partial charge in [-0.25, -0.2) is 13.1 Å². The third kappa shape index (κ3) is 3.00. The molecule has 1 heterocycles. The van der Waals surface area contributed by atoms with Crippen LogP contribution in [0, 0.1) is 5.41 Å². The smallest absolute Gasteiger partial charge is 0.243 e. The molecule has 5 nitrogen and oxygen atoms in total. The van der Waals surface area contributed by atoms with Gasteiger partial charge in [0.25, 0.3) is 0 Å². The molecule has 0 atom stereocenters. The fraction of sp³-hybridized carbons (Fsp3) is 0.700. The highest BCUT2D eigenvalue weighted by atomic mass is 35.5. The minimum atomic E-state index is -3.43. The second kappa shape index (κ2) is 4.59. The van der Waals surface area contributed by atoms with Crippen molar-refractivity contribution in [1.29, 1.82) is 0 Å². The molecule has 1 aromatic rings. The lowest BCUT2D eigenvalue weighted by Crippen LogP contribution is -2.30. The van der Waals surface area contributed by atoms with Gasteiger partial charge in [-0.05, 0) is 24.7 Å². The molecule has 1 aliphatic carbocycles. The number of sulfonamides is 1. The van der Waals surface area contributed by atoms with Gasteiger partial charge in [0.2, 0.25) is 10.0 Å². The Bertz CT molecular complexity index is 493. The predicted molar refractivity (Wildman–Crippen MR) is 65.4 cm³/mol. The summed E-state index contributed by atoms with van der Waals surface area (Å²) in [4.78, 5) is 0.210. The maximum absolute atomic E-state index is 11.9. The standard InChI is InChI=1S/C10H16ClN3O2S/c1-14-7-9(6-12-14)17(15,16)13-8-10(2-3-10)4-5-11/h6-7,13H,2-5,8H2,1H3. The van der Waals surface area contributed by atoms with E-state index in [1.807, 2.05) is 0 Å². The highest BCUT2D eigenvalue weighted by Crippen LogP contribution is 2.48. The first kappa shape index (κ1) is 12.9. The molecule has 0 saturated heterocycles. The van der Waals surface area contributed by atoms with E-state index < -0.39 is 10.0 Å². The number of aromatic nitrogens is 2. The van der Waals surface area contributed by atoms with E-state index in [-0.39, 0.29) is 10.3 Å². The quantitative estimate of drug-likeness (QED) is 0.792. The van der Waals surface area contributed by atoms with E-state index in [2.05, 4.69) is 9.82 Å². The Kier molecular flexibility index (Phi) is 3.47. The van der Waals surface area contributed by atoms with Crippen molar-refractivity contribution in [2.75, 3.05) is 12.4 Å². The second-order valence-corrected chi connectivity index (χ2v) is 6.76. The fourth-order valence-corrected chi connectivity index (χ4v) is 3.30. The SMILES string of the molecule is Cn1cc(S(=O)(=O)NCC2(CCCl)CC2)cn1. The number of hydrogen-bond donors (Lipinski definition) is 1. The van der Waals surface area contributed by atoms with Gasteiger partial charge in [0.15, 0.2) is 0 Å². The van der Waals surface area contributed by atoms with Crippen molar-refractivity contribution in [3.63, 3.8) is 0 Å². The summed E-state index contributed by atoms with van der Waals surface area (Å²) in [6.07, 6.45) is 5.81. The average Bonchev–Trinajstić information content (AvgIpc) is 2.89. The van der Waals surface area contributed by atoms with Gasteiger partial charge >= 0.3 is 0 Å². The molecule has 1 aromatic heterocycles. The van der Waals surface area contributed by atoms with Crippen LogP contribution in [0.25, 0.3) is 0 Å². The molecule has 1 aliphatic rings. The Hall–Kier alpha value is -0.590. The minimum Gasteiger partial charge on any atom is -0.274 e. The lowest BCUT2D eigenvalue weighted by atomic mass is 10.1. The zero-order valence-electron chi connectivity index (χ0n) is 9.69. The second-order valence-electron chi connectivity index (χ2n) is 4.61. The van der Waals surface area contributed by atoms with Crippen LogP contribution in [-0.2, 0) is 17.1 Å². The summed E-state index contributed by atoms with van der Waals surface area (Å²) in [6, 6.07) is 0. The van der Waals surface area contributed by atoms with E-state index in [0.29, 0.717) is 12.4 Å². The summed E-state index contributed by atoms with van der Waals surface area (Å²) >= 11 is 5.71. The summed E-state index contributed by atoms with van der Waals surface area (Å²) in [5.74, 6) is 0.578. The first-order valence-corrected chi connectivity index (χ1v) is 7.54. The molecular formula is C10H16ClN3O2S. The molecule has 0 aliphatic heterocycles. The van der Waals surface area contributed by atoms with Crippen LogP contribution in [0.1, 0.15) is 19.3 Å². The molecule has 0 bridgehead atoms. The van der Waals surface area contributed by atoms with Crippen LogP contribution in [-0.4, -0.2) is 30.6 Å². The molecule has 0 radical (unpaired) electrons. The van der Waals surface area contributed by atoms with Crippen molar-refractivity contribution in [3.8, 4) is 0 Å². The summed E-state index contributed by atoms with van der Waals surface area (Å²) < 4.78 is 28.0. The molecule has 1 N–H and O–H groups in total. The van der Waals surface area contributed by atoms with Crippen LogP contribution in [0.15, 0.2) is 17.3 Å². The normalized spacial score (nSPS) is 18.2. The van der Waals surface area contributed by atoms with Crippen LogP contribution in [0.4, 0.5) is 0 Å². The van der Waals surface area contributed by atoms with Crippen LogP contribution in [0.5, 0.6) is 0 Å². The third-order valence-electron chi connectivity index (χ3n) is 3.21. The van der Waals surface area contributed by atoms with E-state index >= 15 is 0 Å². The van der Waals surface area contributed by atoms with Crippen molar-refractivity contribution >= 4 is 21.6 Å². The summed E-state index contributed by atoms with van der Waals surface area (Å²) in [5.41, 5.74) is 0.0943. The number of aryl methyl sites for hydroxylation is 1. The van der Waals surface area contributed by atoms with Gasteiger partial charge in [-0.1, -0.05) is 0 Å². The maximum atomic E-state index is 11.9. The summed E-state index contributed by atoms with van der Waals surface area (Å²) in [7, 11) is -1.74. The molecule has 1 saturated carbocycles. The van der Waals surface area contributed by atoms with Crippen LogP contribution >= 0.6 is 11.6 Å². The lowest BCUT2D eigenvalue weighted by molar-refractivity contribution is 0.478. The highest BCUT2D eigenvalue weighted by molar-refractivity contribution is 7.89. The number of rotatable bonds is 6. The highest BCUT2D eigenvalue weighted by Gasteiger charge is 2.42. The van der Waals surface area contributed by atoms with E-state index in [0.717, 1.165) is 19.3 Å². The first-order valence-electron chi connectivity index (χ1n) is 5.52. The Balaban J connectivity index is 1.99. The number of nitrogens with one attached hydrogen (secondary N) is 1. The Morgan fingerprint density at radius 3 is 2.76 bits per heavy atom. The summed E-state index contributed by atoms with van der Waals surface area (Å²) in [5, 5.41) is 3.86. The molecule has 96 valence electrons. The third-order valence-corrected chi connectivity index (χ3v) is 4.76. The minimum absolute atomic E-state index is 0.0943. The van der Waals surface area contributed by atoms with E-state index in [9.17, 15) is 8.42 Å². The predicted octanol–water partition coefficient (Wildman–Crippen LogP) is 1.11.